The normalized spacial score (nSPS) is 22.1. The Hall–Kier alpha value is -11.3. The van der Waals surface area contributed by atoms with Gasteiger partial charge >= 0.3 is 23.7 Å². The standard InChI is InChI=1S/C24H24ClF3N2O2.C24H23F5N2O2.C24H24F4N2O2.C23H22F4N2O3/c1-13-3-4-15(23(32)29-16-5-8-22(26)21(25)10-16)9-20(13)24(27,28)14(2)30-17-6-7-18(30)12-19(31)11-17;1-12-3-4-14(23(33)30-15-8-20(25)22(27)21(26)9-15)7-19(12)24(28,29)13(2)31-16-5-6-17(31)11-18(32)10-16;1-13-10-15(6-9-21(13)25)29-23(32)19-4-3-5-20(22(19)26)24(27,28)14(2)30-16-7-8-17(30)12-18(31)11-16;1-13-9-15(6-8-19(13)24)28-21(30)14-5-7-20(25)18(10-14)23(26,27)22(31)29-16-3-2-4-17(29)12-32-11-16/h3-5,8-10,17-19,31H,2,6-7,11-12H2,1H3,(H,29,32);3-4,7-9,16-18,32H,2,5-6,10-11H2,1H3,(H,30,33);3-6,9-10,16-18,31H,2,7-8,11-12H2,1H3,(H,29,32);5-10,16-17H,2-4,11-12H2,1H3,(H,28,30)/t17-,18+,19?;2*16-,17+,18?;. The number of nitrogens with one attached hydrogen (secondary N) is 4. The van der Waals surface area contributed by atoms with Crippen LogP contribution >= 0.6 is 11.6 Å². The third-order valence-electron chi connectivity index (χ3n) is 25.2. The summed E-state index contributed by atoms with van der Waals surface area (Å²) in [7, 11) is 0. The van der Waals surface area contributed by atoms with Crippen molar-refractivity contribution in [1.82, 2.24) is 19.6 Å². The minimum Gasteiger partial charge on any atom is -0.393 e. The molecule has 8 aliphatic heterocycles. The van der Waals surface area contributed by atoms with Gasteiger partial charge < -0.3 is 60.9 Å². The number of piperidine rings is 4. The predicted molar refractivity (Wildman–Crippen MR) is 451 cm³/mol. The molecular formula is C95H93ClF16N8O9. The van der Waals surface area contributed by atoms with E-state index in [0.29, 0.717) is 101 Å². The fourth-order valence-corrected chi connectivity index (χ4v) is 18.9. The molecule has 5 unspecified atom stereocenters. The number of halogens is 17. The minimum atomic E-state index is -4.15. The summed E-state index contributed by atoms with van der Waals surface area (Å²) in [5.74, 6) is -28.3. The van der Waals surface area contributed by atoms with E-state index in [9.17, 15) is 70.0 Å². The number of hydrogen-bond acceptors (Lipinski definition) is 12. The van der Waals surface area contributed by atoms with Crippen LogP contribution in [0.4, 0.5) is 93.0 Å². The molecular weight excluding hydrogens is 1740 g/mol. The molecule has 11 atom stereocenters. The van der Waals surface area contributed by atoms with Crippen LogP contribution in [0.15, 0.2) is 176 Å². The van der Waals surface area contributed by atoms with Crippen molar-refractivity contribution in [2.75, 3.05) is 34.5 Å². The molecule has 129 heavy (non-hydrogen) atoms. The number of aryl methyl sites for hydroxylation is 4. The molecule has 7 N–H and O–H groups in total. The molecule has 8 aliphatic rings. The van der Waals surface area contributed by atoms with Gasteiger partial charge in [0.25, 0.3) is 29.5 Å². The van der Waals surface area contributed by atoms with E-state index in [1.54, 1.807) is 16.7 Å². The maximum atomic E-state index is 15.6. The van der Waals surface area contributed by atoms with E-state index in [1.807, 2.05) is 0 Å². The number of ether oxygens (including phenoxy) is 1. The number of aliphatic hydroxyl groups is 3. The Morgan fingerprint density at radius 2 is 0.705 bits per heavy atom. The SMILES string of the molecule is C=C(N1[C@@H]2CC[C@H]1CC(O)C2)C(F)(F)c1cc(C(=O)Nc2cc(F)c(F)c(F)c2)ccc1C.C=C(N1[C@@H]2CC[C@H]1CC(O)C2)C(F)(F)c1cc(C(=O)Nc2ccc(F)c(Cl)c2)ccc1C.C=C(N1[C@@H]2CC[C@H]1CC(O)C2)C(F)(F)c1cccc(C(=O)Nc2ccc(F)c(C)c2)c1F.Cc1cc(NC(=O)c2ccc(F)c(C(F)(F)C(=O)N3C4CCCC3COC4)c2)ccc1F. The summed E-state index contributed by atoms with van der Waals surface area (Å²) in [6.07, 6.45) is 7.03. The highest BCUT2D eigenvalue weighted by atomic mass is 35.5. The van der Waals surface area contributed by atoms with Crippen molar-refractivity contribution >= 4 is 63.9 Å². The number of rotatable bonds is 19. The fraction of sp³-hybridized carbons (Fsp3) is 0.379. The van der Waals surface area contributed by atoms with E-state index >= 15 is 39.5 Å². The molecule has 8 aromatic carbocycles. The summed E-state index contributed by atoms with van der Waals surface area (Å²) >= 11 is 5.74. The molecule has 8 bridgehead atoms. The summed E-state index contributed by atoms with van der Waals surface area (Å²) in [5.41, 5.74) is -3.42. The number of morpholine rings is 1. The number of allylic oxidation sites excluding steroid dienone is 3. The second kappa shape index (κ2) is 38.4. The van der Waals surface area contributed by atoms with Crippen LogP contribution in [0.2, 0.25) is 5.02 Å². The van der Waals surface area contributed by atoms with Gasteiger partial charge in [-0.2, -0.15) is 35.1 Å². The summed E-state index contributed by atoms with van der Waals surface area (Å²) in [5, 5.41) is 39.4. The zero-order valence-electron chi connectivity index (χ0n) is 70.3. The molecule has 0 saturated carbocycles. The van der Waals surface area contributed by atoms with Gasteiger partial charge in [-0.05, 0) is 255 Å². The number of fused-ring (bicyclic) bond motifs is 8. The predicted octanol–water partition coefficient (Wildman–Crippen LogP) is 20.4. The molecule has 0 aromatic heterocycles. The summed E-state index contributed by atoms with van der Waals surface area (Å²) in [4.78, 5) is 69.1. The first-order valence-electron chi connectivity index (χ1n) is 41.9. The highest BCUT2D eigenvalue weighted by Crippen LogP contribution is 2.51. The number of carbonyl (C=O) groups is 5. The van der Waals surface area contributed by atoms with Crippen LogP contribution in [0.25, 0.3) is 0 Å². The molecule has 8 heterocycles. The fourth-order valence-electron chi connectivity index (χ4n) is 18.7. The molecule has 5 amide bonds. The monoisotopic (exact) mass is 1830 g/mol. The Kier molecular flexibility index (Phi) is 28.4. The molecule has 34 heteroatoms. The van der Waals surface area contributed by atoms with Crippen LogP contribution in [0.5, 0.6) is 0 Å². The van der Waals surface area contributed by atoms with Gasteiger partial charge in [0.2, 0.25) is 0 Å². The summed E-state index contributed by atoms with van der Waals surface area (Å²) in [6, 6.07) is 23.9. The molecule has 17 nitrogen and oxygen atoms in total. The first kappa shape index (κ1) is 95.3. The van der Waals surface area contributed by atoms with Crippen LogP contribution in [-0.2, 0) is 33.2 Å². The number of anilines is 4. The first-order chi connectivity index (χ1) is 60.8. The van der Waals surface area contributed by atoms with Gasteiger partial charge in [0.15, 0.2) is 17.5 Å². The van der Waals surface area contributed by atoms with Crippen molar-refractivity contribution in [3.05, 3.63) is 295 Å². The topological polar surface area (TPSA) is 216 Å². The molecule has 8 saturated heterocycles. The maximum Gasteiger partial charge on any atom is 0.352 e. The van der Waals surface area contributed by atoms with Crippen molar-refractivity contribution in [1.29, 1.82) is 0 Å². The van der Waals surface area contributed by atoms with Crippen LogP contribution in [0.1, 0.15) is 182 Å². The van der Waals surface area contributed by atoms with Gasteiger partial charge in [-0.1, -0.05) is 49.5 Å². The maximum absolute atomic E-state index is 15.6. The van der Waals surface area contributed by atoms with Crippen molar-refractivity contribution in [3.8, 4) is 0 Å². The number of amides is 5. The molecule has 0 spiro atoms. The van der Waals surface area contributed by atoms with Gasteiger partial charge in [-0.25, -0.2) is 35.1 Å². The van der Waals surface area contributed by atoms with E-state index in [-0.39, 0.29) is 128 Å². The second-order valence-electron chi connectivity index (χ2n) is 33.9. The highest BCUT2D eigenvalue weighted by Gasteiger charge is 2.55. The van der Waals surface area contributed by atoms with Crippen molar-refractivity contribution < 1.29 is 114 Å². The molecule has 0 radical (unpaired) electrons. The lowest BCUT2D eigenvalue weighted by molar-refractivity contribution is -0.177. The number of nitrogens with zero attached hydrogens (tertiary/aromatic N) is 4. The largest absolute Gasteiger partial charge is 0.393 e. The zero-order chi connectivity index (χ0) is 93.5. The van der Waals surface area contributed by atoms with Crippen molar-refractivity contribution in [2.45, 2.75) is 214 Å². The Balaban J connectivity index is 0.000000147. The van der Waals surface area contributed by atoms with Gasteiger partial charge in [-0.3, -0.25) is 24.0 Å². The van der Waals surface area contributed by atoms with Gasteiger partial charge in [-0.15, -0.1) is 0 Å². The van der Waals surface area contributed by atoms with E-state index < -0.39 is 158 Å². The number of aliphatic hydroxyl groups excluding tert-OH is 3. The third-order valence-corrected chi connectivity index (χ3v) is 25.5. The Morgan fingerprint density at radius 1 is 0.357 bits per heavy atom. The van der Waals surface area contributed by atoms with Crippen LogP contribution < -0.4 is 21.3 Å². The van der Waals surface area contributed by atoms with Crippen molar-refractivity contribution in [3.63, 3.8) is 0 Å². The number of alkyl halides is 8. The third kappa shape index (κ3) is 20.2. The van der Waals surface area contributed by atoms with E-state index in [1.165, 1.54) is 98.5 Å². The summed E-state index contributed by atoms with van der Waals surface area (Å²) < 4.78 is 239. The Labute approximate surface area is 737 Å². The molecule has 8 aromatic rings. The van der Waals surface area contributed by atoms with Crippen LogP contribution in [-0.4, -0.2) is 144 Å². The number of hydrogen-bond donors (Lipinski definition) is 7. The second-order valence-corrected chi connectivity index (χ2v) is 34.3. The lowest BCUT2D eigenvalue weighted by Crippen LogP contribution is -2.60. The highest BCUT2D eigenvalue weighted by molar-refractivity contribution is 6.31. The van der Waals surface area contributed by atoms with Gasteiger partial charge in [0, 0.05) is 99.0 Å². The quantitative estimate of drug-likeness (QED) is 0.0297. The zero-order valence-corrected chi connectivity index (χ0v) is 71.0. The lowest BCUT2D eigenvalue weighted by Gasteiger charge is -2.46. The van der Waals surface area contributed by atoms with Crippen LogP contribution in [0.3, 0.4) is 0 Å². The lowest BCUT2D eigenvalue weighted by atomic mass is 9.92. The summed E-state index contributed by atoms with van der Waals surface area (Å²) in [6.45, 7) is 17.4. The smallest absolute Gasteiger partial charge is 0.352 e. The van der Waals surface area contributed by atoms with Crippen molar-refractivity contribution in [2.24, 2.45) is 0 Å². The number of carbonyl (C=O) groups excluding carboxylic acids is 5. The molecule has 686 valence electrons. The molecule has 0 aliphatic carbocycles. The molecule has 8 fully saturated rings. The van der Waals surface area contributed by atoms with Crippen LogP contribution in [0, 0.1) is 74.2 Å². The van der Waals surface area contributed by atoms with E-state index in [4.69, 9.17) is 16.3 Å². The average Bonchev–Trinajstić information content (AvgIpc) is 1.29. The number of benzene rings is 8. The van der Waals surface area contributed by atoms with E-state index in [0.717, 1.165) is 72.7 Å². The van der Waals surface area contributed by atoms with Gasteiger partial charge in [0.05, 0.1) is 82.4 Å². The van der Waals surface area contributed by atoms with E-state index in [2.05, 4.69) is 41.0 Å². The van der Waals surface area contributed by atoms with Gasteiger partial charge in [0.1, 0.15) is 29.1 Å². The average molecular weight is 1830 g/mol. The molecule has 16 rings (SSSR count). The minimum absolute atomic E-state index is 0.0376. The Bertz CT molecular complexity index is 5550. The first-order valence-corrected chi connectivity index (χ1v) is 42.3. The Morgan fingerprint density at radius 3 is 1.10 bits per heavy atom.